The number of hydrogen-bond donors (Lipinski definition) is 0. The fourth-order valence-electron chi connectivity index (χ4n) is 3.37. The molecule has 2 aromatic rings. The Bertz CT molecular complexity index is 772. The van der Waals surface area contributed by atoms with E-state index in [1.165, 1.54) is 13.8 Å². The summed E-state index contributed by atoms with van der Waals surface area (Å²) in [6.07, 6.45) is 0. The monoisotopic (exact) mass is 340 g/mol. The van der Waals surface area contributed by atoms with Crippen LogP contribution in [0.2, 0.25) is 0 Å². The van der Waals surface area contributed by atoms with Gasteiger partial charge in [0.2, 0.25) is 0 Å². The molecule has 0 amide bonds. The minimum absolute atomic E-state index is 0.164. The molecule has 5 heteroatoms. The first-order chi connectivity index (χ1) is 12.0. The molecule has 1 aliphatic rings. The Labute approximate surface area is 146 Å². The number of Topliss-reactive ketones (excluding diaryl/α,β-unsaturated/α-hetero) is 2. The third kappa shape index (κ3) is 2.97. The Morgan fingerprint density at radius 2 is 1.32 bits per heavy atom. The van der Waals surface area contributed by atoms with Crippen LogP contribution in [-0.2, 0) is 9.59 Å². The van der Waals surface area contributed by atoms with Crippen molar-refractivity contribution in [2.75, 3.05) is 14.2 Å². The molecule has 0 aliphatic carbocycles. The maximum absolute atomic E-state index is 12.2. The average molecular weight is 340 g/mol. The number of carbonyl (C=O) groups excluding carboxylic acids is 2. The maximum Gasteiger partial charge on any atom is 0.141 e. The predicted molar refractivity (Wildman–Crippen MR) is 92.8 cm³/mol. The van der Waals surface area contributed by atoms with Crippen molar-refractivity contribution < 1.29 is 23.8 Å². The molecule has 0 atom stereocenters. The van der Waals surface area contributed by atoms with Gasteiger partial charge in [0.25, 0.3) is 0 Å². The van der Waals surface area contributed by atoms with E-state index < -0.39 is 11.8 Å². The largest absolute Gasteiger partial charge is 0.497 e. The Morgan fingerprint density at radius 1 is 0.880 bits per heavy atom. The van der Waals surface area contributed by atoms with Crippen LogP contribution >= 0.6 is 0 Å². The van der Waals surface area contributed by atoms with Gasteiger partial charge in [-0.15, -0.1) is 0 Å². The van der Waals surface area contributed by atoms with E-state index >= 15 is 0 Å². The lowest BCUT2D eigenvalue weighted by Gasteiger charge is -2.32. The number of ether oxygens (including phenoxy) is 3. The van der Waals surface area contributed by atoms with Crippen LogP contribution in [0.15, 0.2) is 36.4 Å². The van der Waals surface area contributed by atoms with Gasteiger partial charge in [-0.25, -0.2) is 0 Å². The molecule has 0 fully saturated rings. The summed E-state index contributed by atoms with van der Waals surface area (Å²) < 4.78 is 16.6. The first kappa shape index (κ1) is 17.0. The molecule has 5 nitrogen and oxygen atoms in total. The molecule has 0 saturated carbocycles. The molecule has 130 valence electrons. The Hall–Kier alpha value is -2.82. The minimum atomic E-state index is -0.761. The summed E-state index contributed by atoms with van der Waals surface area (Å²) in [5.41, 5.74) is 1.60. The van der Waals surface area contributed by atoms with E-state index in [1.807, 2.05) is 12.1 Å². The second kappa shape index (κ2) is 6.59. The molecule has 1 aliphatic heterocycles. The van der Waals surface area contributed by atoms with Crippen LogP contribution in [0.25, 0.3) is 0 Å². The molecule has 0 saturated heterocycles. The van der Waals surface area contributed by atoms with E-state index in [-0.39, 0.29) is 11.6 Å². The molecule has 3 rings (SSSR count). The highest BCUT2D eigenvalue weighted by molar-refractivity contribution is 6.02. The van der Waals surface area contributed by atoms with Crippen LogP contribution in [0, 0.1) is 5.92 Å². The predicted octanol–water partition coefficient (Wildman–Crippen LogP) is 3.74. The van der Waals surface area contributed by atoms with Crippen LogP contribution in [0.5, 0.6) is 23.0 Å². The van der Waals surface area contributed by atoms with E-state index in [1.54, 1.807) is 38.5 Å². The second-order valence-electron chi connectivity index (χ2n) is 6.09. The lowest BCUT2D eigenvalue weighted by molar-refractivity contribution is -0.130. The van der Waals surface area contributed by atoms with Gasteiger partial charge in [-0.2, -0.15) is 0 Å². The summed E-state index contributed by atoms with van der Waals surface area (Å²) in [6, 6.07) is 10.8. The number of carbonyl (C=O) groups is 2. The lowest BCUT2D eigenvalue weighted by atomic mass is 9.75. The lowest BCUT2D eigenvalue weighted by Crippen LogP contribution is -2.29. The van der Waals surface area contributed by atoms with E-state index in [0.717, 1.165) is 11.1 Å². The Morgan fingerprint density at radius 3 is 1.68 bits per heavy atom. The normalized spacial score (nSPS) is 12.8. The van der Waals surface area contributed by atoms with Gasteiger partial charge in [-0.1, -0.05) is 12.1 Å². The van der Waals surface area contributed by atoms with Gasteiger partial charge in [-0.05, 0) is 26.0 Å². The summed E-state index contributed by atoms with van der Waals surface area (Å²) in [7, 11) is 3.15. The van der Waals surface area contributed by atoms with E-state index in [0.29, 0.717) is 23.0 Å². The number of benzene rings is 2. The van der Waals surface area contributed by atoms with E-state index in [9.17, 15) is 9.59 Å². The maximum atomic E-state index is 12.2. The SMILES string of the molecule is COc1ccc2c(c1)Oc1cc(OC)ccc1C2C(C(C)=O)C(C)=O. The number of methoxy groups -OCH3 is 2. The molecular formula is C20H20O5. The van der Waals surface area contributed by atoms with Gasteiger partial charge in [0.05, 0.1) is 20.1 Å². The molecule has 0 bridgehead atoms. The van der Waals surface area contributed by atoms with Gasteiger partial charge in [0.1, 0.15) is 34.6 Å². The van der Waals surface area contributed by atoms with Gasteiger partial charge in [0.15, 0.2) is 0 Å². The molecule has 0 spiro atoms. The van der Waals surface area contributed by atoms with Crippen LogP contribution in [-0.4, -0.2) is 25.8 Å². The van der Waals surface area contributed by atoms with Crippen molar-refractivity contribution in [3.8, 4) is 23.0 Å². The zero-order chi connectivity index (χ0) is 18.1. The summed E-state index contributed by atoms with van der Waals surface area (Å²) in [5, 5.41) is 0. The fraction of sp³-hybridized carbons (Fsp3) is 0.300. The van der Waals surface area contributed by atoms with Gasteiger partial charge >= 0.3 is 0 Å². The molecule has 2 aromatic carbocycles. The standard InChI is InChI=1S/C20H20O5/c1-11(21)19(12(2)22)20-15-7-5-13(23-3)9-17(15)25-18-10-14(24-4)6-8-16(18)20/h5-10,19-20H,1-4H3. The zero-order valence-electron chi connectivity index (χ0n) is 14.7. The first-order valence-corrected chi connectivity index (χ1v) is 8.01. The van der Waals surface area contributed by atoms with Gasteiger partial charge in [-0.3, -0.25) is 9.59 Å². The number of ketones is 2. The van der Waals surface area contributed by atoms with Crippen molar-refractivity contribution in [3.05, 3.63) is 47.5 Å². The van der Waals surface area contributed by atoms with Crippen LogP contribution in [0.3, 0.4) is 0 Å². The van der Waals surface area contributed by atoms with E-state index in [2.05, 4.69) is 0 Å². The van der Waals surface area contributed by atoms with Crippen molar-refractivity contribution >= 4 is 11.6 Å². The van der Waals surface area contributed by atoms with Gasteiger partial charge in [0, 0.05) is 29.2 Å². The third-order valence-corrected chi connectivity index (χ3v) is 4.54. The molecular weight excluding hydrogens is 320 g/mol. The fourth-order valence-corrected chi connectivity index (χ4v) is 3.37. The summed E-state index contributed by atoms with van der Waals surface area (Å²) in [4.78, 5) is 24.5. The number of rotatable bonds is 5. The smallest absolute Gasteiger partial charge is 0.141 e. The van der Waals surface area contributed by atoms with Crippen molar-refractivity contribution in [2.24, 2.45) is 5.92 Å². The van der Waals surface area contributed by atoms with Crippen molar-refractivity contribution in [2.45, 2.75) is 19.8 Å². The number of hydrogen-bond acceptors (Lipinski definition) is 5. The summed E-state index contributed by atoms with van der Waals surface area (Å²) in [6.45, 7) is 2.90. The third-order valence-electron chi connectivity index (χ3n) is 4.54. The average Bonchev–Trinajstić information content (AvgIpc) is 2.59. The molecule has 0 aromatic heterocycles. The zero-order valence-corrected chi connectivity index (χ0v) is 14.7. The molecule has 1 heterocycles. The highest BCUT2D eigenvalue weighted by Crippen LogP contribution is 2.49. The van der Waals surface area contributed by atoms with Crippen LogP contribution in [0.4, 0.5) is 0 Å². The molecule has 0 unspecified atom stereocenters. The highest BCUT2D eigenvalue weighted by atomic mass is 16.5. The van der Waals surface area contributed by atoms with Crippen LogP contribution < -0.4 is 14.2 Å². The van der Waals surface area contributed by atoms with Crippen molar-refractivity contribution in [1.29, 1.82) is 0 Å². The minimum Gasteiger partial charge on any atom is -0.497 e. The van der Waals surface area contributed by atoms with Crippen molar-refractivity contribution in [3.63, 3.8) is 0 Å². The highest BCUT2D eigenvalue weighted by Gasteiger charge is 2.38. The molecule has 25 heavy (non-hydrogen) atoms. The topological polar surface area (TPSA) is 61.8 Å². The summed E-state index contributed by atoms with van der Waals surface area (Å²) in [5.74, 6) is 0.965. The quantitative estimate of drug-likeness (QED) is 0.776. The summed E-state index contributed by atoms with van der Waals surface area (Å²) >= 11 is 0. The van der Waals surface area contributed by atoms with Gasteiger partial charge < -0.3 is 14.2 Å². The Balaban J connectivity index is 2.22. The molecule has 0 N–H and O–H groups in total. The first-order valence-electron chi connectivity index (χ1n) is 8.01. The Kier molecular flexibility index (Phi) is 4.49. The van der Waals surface area contributed by atoms with Crippen LogP contribution in [0.1, 0.15) is 30.9 Å². The van der Waals surface area contributed by atoms with Crippen molar-refractivity contribution in [1.82, 2.24) is 0 Å². The number of fused-ring (bicyclic) bond motifs is 2. The second-order valence-corrected chi connectivity index (χ2v) is 6.09. The molecule has 0 radical (unpaired) electrons. The van der Waals surface area contributed by atoms with E-state index in [4.69, 9.17) is 14.2 Å².